The van der Waals surface area contributed by atoms with Crippen molar-refractivity contribution >= 4 is 37.3 Å². The molecule has 0 aliphatic heterocycles. The van der Waals surface area contributed by atoms with E-state index in [1.165, 1.54) is 17.6 Å². The van der Waals surface area contributed by atoms with E-state index in [2.05, 4.69) is 20.7 Å². The summed E-state index contributed by atoms with van der Waals surface area (Å²) in [5.41, 5.74) is 0. The number of halogens is 1. The molecule has 2 rings (SSSR count). The third-order valence-corrected chi connectivity index (χ3v) is 6.19. The van der Waals surface area contributed by atoms with E-state index in [4.69, 9.17) is 4.42 Å². The lowest BCUT2D eigenvalue weighted by molar-refractivity contribution is 0.193. The lowest BCUT2D eigenvalue weighted by Gasteiger charge is -2.04. The number of sulfonamides is 1. The van der Waals surface area contributed by atoms with E-state index in [1.807, 2.05) is 0 Å². The molecule has 104 valence electrons. The highest BCUT2D eigenvalue weighted by atomic mass is 79.9. The Morgan fingerprint density at radius 3 is 2.84 bits per heavy atom. The van der Waals surface area contributed by atoms with Gasteiger partial charge in [0.2, 0.25) is 10.0 Å². The van der Waals surface area contributed by atoms with E-state index in [1.54, 1.807) is 24.3 Å². The van der Waals surface area contributed by atoms with Crippen molar-refractivity contribution in [2.75, 3.05) is 4.66 Å². The van der Waals surface area contributed by atoms with Gasteiger partial charge < -0.3 is 9.52 Å². The molecule has 0 aliphatic rings. The summed E-state index contributed by atoms with van der Waals surface area (Å²) in [5, 5.41) is 10.0. The van der Waals surface area contributed by atoms with Crippen molar-refractivity contribution in [2.45, 2.75) is 12.6 Å². The van der Waals surface area contributed by atoms with Crippen LogP contribution in [0.5, 0.6) is 0 Å². The third-order valence-electron chi connectivity index (χ3n) is 2.37. The molecule has 8 heteroatoms. The van der Waals surface area contributed by atoms with Gasteiger partial charge in [-0.2, -0.15) is 0 Å². The minimum absolute atomic E-state index is 0.132. The zero-order valence-electron chi connectivity index (χ0n) is 9.74. The highest BCUT2D eigenvalue weighted by Crippen LogP contribution is 2.28. The zero-order chi connectivity index (χ0) is 13.9. The molecule has 0 saturated carbocycles. The van der Waals surface area contributed by atoms with E-state index in [-0.39, 0.29) is 11.2 Å². The highest BCUT2D eigenvalue weighted by molar-refractivity contribution is 9.10. The number of thiophene rings is 1. The molecule has 0 bridgehead atoms. The molecule has 2 N–H and O–H groups in total. The fraction of sp³-hybridized carbons (Fsp3) is 0.273. The average molecular weight is 366 g/mol. The number of nitrogens with one attached hydrogen (secondary N) is 1. The Kier molecular flexibility index (Phi) is 4.80. The van der Waals surface area contributed by atoms with Crippen molar-refractivity contribution in [3.05, 3.63) is 46.0 Å². The van der Waals surface area contributed by atoms with E-state index >= 15 is 0 Å². The molecule has 0 amide bonds. The van der Waals surface area contributed by atoms with Gasteiger partial charge in [0.05, 0.1) is 6.26 Å². The number of furan rings is 1. The summed E-state index contributed by atoms with van der Waals surface area (Å²) in [7, 11) is -3.28. The molecule has 0 aromatic carbocycles. The predicted molar refractivity (Wildman–Crippen MR) is 76.6 cm³/mol. The van der Waals surface area contributed by atoms with Crippen molar-refractivity contribution in [1.82, 2.24) is 4.72 Å². The maximum Gasteiger partial charge on any atom is 0.221 e. The second kappa shape index (κ2) is 6.19. The lowest BCUT2D eigenvalue weighted by Crippen LogP contribution is -2.23. The first kappa shape index (κ1) is 14.7. The van der Waals surface area contributed by atoms with E-state index in [0.29, 0.717) is 10.6 Å². The van der Waals surface area contributed by atoms with Gasteiger partial charge in [0, 0.05) is 16.3 Å². The first-order valence-corrected chi connectivity index (χ1v) is 8.94. The predicted octanol–water partition coefficient (Wildman–Crippen LogP) is 2.19. The monoisotopic (exact) mass is 365 g/mol. The van der Waals surface area contributed by atoms with Crippen molar-refractivity contribution in [2.24, 2.45) is 0 Å². The fourth-order valence-electron chi connectivity index (χ4n) is 1.44. The molecule has 19 heavy (non-hydrogen) atoms. The van der Waals surface area contributed by atoms with E-state index < -0.39 is 16.1 Å². The molecule has 0 saturated heterocycles. The SMILES string of the molecule is O=S(=O)(CBr)NCc1ccc(C(O)c2ccco2)s1. The van der Waals surface area contributed by atoms with Gasteiger partial charge in [-0.3, -0.25) is 0 Å². The maximum absolute atomic E-state index is 11.3. The minimum Gasteiger partial charge on any atom is -0.466 e. The maximum atomic E-state index is 11.3. The van der Waals surface area contributed by atoms with E-state index in [0.717, 1.165) is 4.88 Å². The smallest absolute Gasteiger partial charge is 0.221 e. The van der Waals surface area contributed by atoms with Crippen LogP contribution in [0.15, 0.2) is 34.9 Å². The van der Waals surface area contributed by atoms with Crippen LogP contribution in [0.4, 0.5) is 0 Å². The number of aliphatic hydroxyl groups excluding tert-OH is 1. The summed E-state index contributed by atoms with van der Waals surface area (Å²) in [6.07, 6.45) is 0.679. The Hall–Kier alpha value is -0.670. The van der Waals surface area contributed by atoms with Crippen LogP contribution in [0.25, 0.3) is 0 Å². The minimum atomic E-state index is -3.28. The van der Waals surface area contributed by atoms with Gasteiger partial charge in [-0.05, 0) is 24.3 Å². The summed E-state index contributed by atoms with van der Waals surface area (Å²) >= 11 is 4.24. The summed E-state index contributed by atoms with van der Waals surface area (Å²) in [5.74, 6) is 0.467. The Bertz CT molecular complexity index is 621. The third kappa shape index (κ3) is 3.90. The van der Waals surface area contributed by atoms with Gasteiger partial charge in [-0.15, -0.1) is 11.3 Å². The quantitative estimate of drug-likeness (QED) is 0.769. The molecule has 0 fully saturated rings. The highest BCUT2D eigenvalue weighted by Gasteiger charge is 2.16. The Morgan fingerprint density at radius 1 is 1.42 bits per heavy atom. The van der Waals surface area contributed by atoms with E-state index in [9.17, 15) is 13.5 Å². The first-order valence-electron chi connectivity index (χ1n) is 5.35. The Morgan fingerprint density at radius 2 is 2.21 bits per heavy atom. The molecule has 0 aliphatic carbocycles. The van der Waals surface area contributed by atoms with Gasteiger partial charge in [-0.25, -0.2) is 13.1 Å². The van der Waals surface area contributed by atoms with Crippen LogP contribution in [0, 0.1) is 0 Å². The second-order valence-corrected chi connectivity index (χ2v) is 8.08. The fourth-order valence-corrected chi connectivity index (χ4v) is 3.42. The van der Waals surface area contributed by atoms with Crippen LogP contribution in [0.1, 0.15) is 21.6 Å². The summed E-state index contributed by atoms with van der Waals surface area (Å²) in [4.78, 5) is 1.54. The van der Waals surface area contributed by atoms with Gasteiger partial charge >= 0.3 is 0 Å². The van der Waals surface area contributed by atoms with Crippen molar-refractivity contribution < 1.29 is 17.9 Å². The van der Waals surface area contributed by atoms with Gasteiger partial charge in [0.25, 0.3) is 0 Å². The summed E-state index contributed by atoms with van der Waals surface area (Å²) < 4.78 is 30.0. The van der Waals surface area contributed by atoms with Gasteiger partial charge in [0.15, 0.2) is 0 Å². The number of aliphatic hydroxyl groups is 1. The van der Waals surface area contributed by atoms with Gasteiger partial charge in [-0.1, -0.05) is 15.9 Å². The molecule has 5 nitrogen and oxygen atoms in total. The number of rotatable bonds is 6. The summed E-state index contributed by atoms with van der Waals surface area (Å²) in [6, 6.07) is 6.94. The topological polar surface area (TPSA) is 79.5 Å². The molecule has 0 spiro atoms. The van der Waals surface area contributed by atoms with Crippen LogP contribution in [0.2, 0.25) is 0 Å². The second-order valence-electron chi connectivity index (χ2n) is 3.77. The molecule has 2 aromatic heterocycles. The molecule has 2 aromatic rings. The van der Waals surface area contributed by atoms with Crippen molar-refractivity contribution in [1.29, 1.82) is 0 Å². The zero-order valence-corrected chi connectivity index (χ0v) is 13.0. The standard InChI is InChI=1S/C11H12BrNO4S2/c12-7-19(15,16)13-6-8-3-4-10(18-8)11(14)9-2-1-5-17-9/h1-5,11,13-14H,6-7H2. The number of hydrogen-bond acceptors (Lipinski definition) is 5. The number of alkyl halides is 1. The molecule has 2 heterocycles. The normalized spacial score (nSPS) is 13.6. The van der Waals surface area contributed by atoms with Crippen molar-refractivity contribution in [3.63, 3.8) is 0 Å². The van der Waals surface area contributed by atoms with Crippen molar-refractivity contribution in [3.8, 4) is 0 Å². The summed E-state index contributed by atoms with van der Waals surface area (Å²) in [6.45, 7) is 0.212. The van der Waals surface area contributed by atoms with Crippen LogP contribution in [0.3, 0.4) is 0 Å². The van der Waals surface area contributed by atoms with Crippen LogP contribution in [-0.4, -0.2) is 18.2 Å². The number of hydrogen-bond donors (Lipinski definition) is 2. The Balaban J connectivity index is 2.03. The molecular formula is C11H12BrNO4S2. The molecule has 1 unspecified atom stereocenters. The first-order chi connectivity index (χ1) is 9.02. The largest absolute Gasteiger partial charge is 0.466 e. The molecule has 0 radical (unpaired) electrons. The molecule has 1 atom stereocenters. The van der Waals surface area contributed by atoms with Crippen LogP contribution < -0.4 is 4.72 Å². The Labute approximate surface area is 123 Å². The van der Waals surface area contributed by atoms with Gasteiger partial charge in [0.1, 0.15) is 16.5 Å². The van der Waals surface area contributed by atoms with Crippen LogP contribution >= 0.6 is 27.3 Å². The van der Waals surface area contributed by atoms with Crippen LogP contribution in [-0.2, 0) is 16.6 Å². The molecular weight excluding hydrogens is 354 g/mol. The lowest BCUT2D eigenvalue weighted by atomic mass is 10.2. The average Bonchev–Trinajstić information content (AvgIpc) is 3.07.